The van der Waals surface area contributed by atoms with Gasteiger partial charge in [-0.05, 0) is 31.4 Å². The summed E-state index contributed by atoms with van der Waals surface area (Å²) in [6, 6.07) is 14.7. The molecule has 2 saturated heterocycles. The fraction of sp³-hybridized carbons (Fsp3) is 0.464. The van der Waals surface area contributed by atoms with E-state index in [-0.39, 0.29) is 43.1 Å². The molecule has 0 spiro atoms. The van der Waals surface area contributed by atoms with Gasteiger partial charge in [0, 0.05) is 50.8 Å². The zero-order valence-electron chi connectivity index (χ0n) is 21.2. The van der Waals surface area contributed by atoms with Gasteiger partial charge in [-0.25, -0.2) is 0 Å². The summed E-state index contributed by atoms with van der Waals surface area (Å²) >= 11 is 0. The molecule has 0 saturated carbocycles. The van der Waals surface area contributed by atoms with E-state index in [1.54, 1.807) is 26.4 Å². The van der Waals surface area contributed by atoms with Crippen molar-refractivity contribution in [3.05, 3.63) is 59.7 Å². The third-order valence-corrected chi connectivity index (χ3v) is 7.29. The number of hydrogen-bond acceptors (Lipinski definition) is 6. The van der Waals surface area contributed by atoms with E-state index in [9.17, 15) is 14.4 Å². The zero-order valence-corrected chi connectivity index (χ0v) is 21.2. The highest BCUT2D eigenvalue weighted by Crippen LogP contribution is 2.46. The second kappa shape index (κ2) is 11.1. The largest absolute Gasteiger partial charge is 0.496 e. The highest BCUT2D eigenvalue weighted by molar-refractivity contribution is 6.11. The smallest absolute Gasteiger partial charge is 0.241 e. The van der Waals surface area contributed by atoms with Gasteiger partial charge in [0.1, 0.15) is 11.5 Å². The molecule has 0 radical (unpaired) electrons. The number of para-hydroxylation sites is 2. The van der Waals surface area contributed by atoms with Crippen molar-refractivity contribution in [3.8, 4) is 11.5 Å². The number of carbonyl (C=O) groups is 3. The third-order valence-electron chi connectivity index (χ3n) is 7.29. The highest BCUT2D eigenvalue weighted by Gasteiger charge is 2.55. The van der Waals surface area contributed by atoms with E-state index in [1.807, 2.05) is 41.3 Å². The second-order valence-electron chi connectivity index (χ2n) is 9.32. The Morgan fingerprint density at radius 2 is 1.69 bits per heavy atom. The van der Waals surface area contributed by atoms with Gasteiger partial charge in [0.2, 0.25) is 17.7 Å². The number of ether oxygens (including phenoxy) is 3. The summed E-state index contributed by atoms with van der Waals surface area (Å²) in [5.74, 6) is 0.437. The maximum absolute atomic E-state index is 13.9. The predicted octanol–water partition coefficient (Wildman–Crippen LogP) is 3.49. The van der Waals surface area contributed by atoms with E-state index in [1.165, 1.54) is 12.0 Å². The zero-order chi connectivity index (χ0) is 25.7. The van der Waals surface area contributed by atoms with Gasteiger partial charge in [0.15, 0.2) is 0 Å². The van der Waals surface area contributed by atoms with Gasteiger partial charge in [-0.15, -0.1) is 0 Å². The molecule has 2 fully saturated rings. The Labute approximate surface area is 212 Å². The summed E-state index contributed by atoms with van der Waals surface area (Å²) in [5.41, 5.74) is 0.204. The molecule has 36 heavy (non-hydrogen) atoms. The molecule has 2 aliphatic rings. The normalized spacial score (nSPS) is 21.8. The molecule has 8 heteroatoms. The Hall–Kier alpha value is -3.39. The number of likely N-dealkylation sites (tertiary alicyclic amines) is 2. The van der Waals surface area contributed by atoms with Gasteiger partial charge in [0.25, 0.3) is 0 Å². The van der Waals surface area contributed by atoms with Crippen LogP contribution in [0.2, 0.25) is 0 Å². The van der Waals surface area contributed by atoms with E-state index in [2.05, 4.69) is 0 Å². The van der Waals surface area contributed by atoms with Gasteiger partial charge in [-0.3, -0.25) is 19.3 Å². The summed E-state index contributed by atoms with van der Waals surface area (Å²) in [5, 5.41) is 0. The first kappa shape index (κ1) is 25.7. The second-order valence-corrected chi connectivity index (χ2v) is 9.32. The monoisotopic (exact) mass is 494 g/mol. The van der Waals surface area contributed by atoms with Crippen LogP contribution in [0.4, 0.5) is 0 Å². The molecule has 192 valence electrons. The molecule has 4 rings (SSSR count). The van der Waals surface area contributed by atoms with Crippen molar-refractivity contribution < 1.29 is 28.6 Å². The minimum absolute atomic E-state index is 0.0713. The lowest BCUT2D eigenvalue weighted by molar-refractivity contribution is -0.143. The summed E-state index contributed by atoms with van der Waals surface area (Å²) in [4.78, 5) is 44.1. The summed E-state index contributed by atoms with van der Waals surface area (Å²) in [7, 11) is 4.74. The third kappa shape index (κ3) is 4.69. The van der Waals surface area contributed by atoms with Crippen LogP contribution < -0.4 is 9.47 Å². The lowest BCUT2D eigenvalue weighted by atomic mass is 9.75. The number of carbonyl (C=O) groups excluding carboxylic acids is 3. The van der Waals surface area contributed by atoms with Gasteiger partial charge in [0.05, 0.1) is 25.7 Å². The number of amides is 3. The van der Waals surface area contributed by atoms with E-state index < -0.39 is 5.41 Å². The number of methoxy groups -OCH3 is 3. The van der Waals surface area contributed by atoms with Crippen LogP contribution in [-0.2, 0) is 24.5 Å². The van der Waals surface area contributed by atoms with Crippen LogP contribution in [0.15, 0.2) is 48.5 Å². The number of nitrogens with zero attached hydrogens (tertiary/aromatic N) is 2. The van der Waals surface area contributed by atoms with Crippen molar-refractivity contribution in [3.63, 3.8) is 0 Å². The van der Waals surface area contributed by atoms with Crippen molar-refractivity contribution in [1.29, 1.82) is 0 Å². The van der Waals surface area contributed by atoms with Crippen LogP contribution in [0, 0.1) is 0 Å². The molecule has 2 atom stereocenters. The van der Waals surface area contributed by atoms with Crippen molar-refractivity contribution in [2.45, 2.75) is 43.6 Å². The Balaban J connectivity index is 1.69. The fourth-order valence-electron chi connectivity index (χ4n) is 5.57. The summed E-state index contributed by atoms with van der Waals surface area (Å²) in [6.45, 7) is 1.28. The SMILES string of the molecule is COCCCN1C(=O)CC(CC(=O)N2CCCC2c2ccccc2OC)(c2ccccc2OC)C1=O. The van der Waals surface area contributed by atoms with E-state index in [0.717, 1.165) is 24.2 Å². The van der Waals surface area contributed by atoms with Gasteiger partial charge >= 0.3 is 0 Å². The van der Waals surface area contributed by atoms with Crippen LogP contribution in [0.25, 0.3) is 0 Å². The van der Waals surface area contributed by atoms with Crippen LogP contribution >= 0.6 is 0 Å². The molecule has 2 aromatic rings. The average Bonchev–Trinajstić information content (AvgIpc) is 3.48. The molecule has 2 unspecified atom stereocenters. The minimum Gasteiger partial charge on any atom is -0.496 e. The lowest BCUT2D eigenvalue weighted by Gasteiger charge is -2.32. The molecule has 2 aromatic carbocycles. The topological polar surface area (TPSA) is 85.4 Å². The van der Waals surface area contributed by atoms with Crippen molar-refractivity contribution >= 4 is 17.7 Å². The van der Waals surface area contributed by atoms with Crippen LogP contribution in [-0.4, -0.2) is 68.5 Å². The minimum atomic E-state index is -1.32. The van der Waals surface area contributed by atoms with E-state index in [0.29, 0.717) is 30.9 Å². The predicted molar refractivity (Wildman–Crippen MR) is 134 cm³/mol. The number of imide groups is 1. The lowest BCUT2D eigenvalue weighted by Crippen LogP contribution is -2.44. The Morgan fingerprint density at radius 1 is 1.00 bits per heavy atom. The molecule has 0 aromatic heterocycles. The molecule has 0 aliphatic carbocycles. The maximum Gasteiger partial charge on any atom is 0.241 e. The number of rotatable bonds is 10. The number of hydrogen-bond donors (Lipinski definition) is 0. The standard InChI is InChI=1S/C28H34N2O6/c1-34-17-9-16-30-26(32)19-28(27(30)33,21-11-5-7-14-24(21)36-3)18-25(31)29-15-8-12-22(29)20-10-4-6-13-23(20)35-2/h4-7,10-11,13-14,22H,8-9,12,15-19H2,1-3H3. The Kier molecular flexibility index (Phi) is 7.94. The molecule has 0 N–H and O–H groups in total. The molecule has 0 bridgehead atoms. The fourth-order valence-corrected chi connectivity index (χ4v) is 5.57. The summed E-state index contributed by atoms with van der Waals surface area (Å²) < 4.78 is 16.3. The van der Waals surface area contributed by atoms with Crippen molar-refractivity contribution in [2.75, 3.05) is 41.0 Å². The van der Waals surface area contributed by atoms with Gasteiger partial charge < -0.3 is 19.1 Å². The van der Waals surface area contributed by atoms with Crippen molar-refractivity contribution in [2.24, 2.45) is 0 Å². The maximum atomic E-state index is 13.9. The molecular weight excluding hydrogens is 460 g/mol. The molecule has 2 heterocycles. The highest BCUT2D eigenvalue weighted by atomic mass is 16.5. The molecular formula is C28H34N2O6. The van der Waals surface area contributed by atoms with E-state index in [4.69, 9.17) is 14.2 Å². The van der Waals surface area contributed by atoms with Gasteiger partial charge in [-0.2, -0.15) is 0 Å². The van der Waals surface area contributed by atoms with Crippen LogP contribution in [0.5, 0.6) is 11.5 Å². The van der Waals surface area contributed by atoms with Crippen LogP contribution in [0.3, 0.4) is 0 Å². The molecule has 3 amide bonds. The first-order valence-corrected chi connectivity index (χ1v) is 12.4. The average molecular weight is 495 g/mol. The van der Waals surface area contributed by atoms with Gasteiger partial charge in [-0.1, -0.05) is 36.4 Å². The molecule has 8 nitrogen and oxygen atoms in total. The van der Waals surface area contributed by atoms with Crippen molar-refractivity contribution in [1.82, 2.24) is 9.80 Å². The Bertz CT molecular complexity index is 1120. The first-order chi connectivity index (χ1) is 17.5. The number of benzene rings is 2. The quantitative estimate of drug-likeness (QED) is 0.371. The molecule has 2 aliphatic heterocycles. The van der Waals surface area contributed by atoms with E-state index >= 15 is 0 Å². The first-order valence-electron chi connectivity index (χ1n) is 12.4. The van der Waals surface area contributed by atoms with Crippen LogP contribution in [0.1, 0.15) is 49.3 Å². The Morgan fingerprint density at radius 3 is 2.42 bits per heavy atom. The summed E-state index contributed by atoms with van der Waals surface area (Å²) in [6.07, 6.45) is 2.02.